The third-order valence-electron chi connectivity index (χ3n) is 3.74. The number of nitrogens with zero attached hydrogens (tertiary/aromatic N) is 2. The van der Waals surface area contributed by atoms with Gasteiger partial charge in [0.15, 0.2) is 0 Å². The Labute approximate surface area is 122 Å². The van der Waals surface area contributed by atoms with Crippen molar-refractivity contribution in [1.82, 2.24) is 9.88 Å². The topological polar surface area (TPSA) is 103 Å². The highest BCUT2D eigenvalue weighted by atomic mass is 16.4. The summed E-state index contributed by atoms with van der Waals surface area (Å²) in [6.45, 7) is 2.57. The monoisotopic (exact) mass is 293 g/mol. The van der Waals surface area contributed by atoms with E-state index in [1.165, 1.54) is 6.20 Å². The van der Waals surface area contributed by atoms with E-state index in [1.807, 2.05) is 6.92 Å². The Kier molecular flexibility index (Phi) is 4.74. The lowest BCUT2D eigenvalue weighted by Gasteiger charge is -2.25. The molecule has 7 nitrogen and oxygen atoms in total. The first-order valence-corrected chi connectivity index (χ1v) is 6.86. The minimum absolute atomic E-state index is 0.0512. The Bertz CT molecular complexity index is 517. The van der Waals surface area contributed by atoms with Crippen LogP contribution in [0.2, 0.25) is 0 Å². The number of pyridine rings is 1. The molecular weight excluding hydrogens is 274 g/mol. The van der Waals surface area contributed by atoms with Gasteiger partial charge in [-0.05, 0) is 24.5 Å². The molecule has 0 spiro atoms. The molecule has 1 saturated heterocycles. The number of rotatable bonds is 4. The Morgan fingerprint density at radius 2 is 2.24 bits per heavy atom. The van der Waals surface area contributed by atoms with Gasteiger partial charge in [0, 0.05) is 6.54 Å². The van der Waals surface area contributed by atoms with E-state index in [0.29, 0.717) is 17.9 Å². The summed E-state index contributed by atoms with van der Waals surface area (Å²) < 4.78 is 0. The number of anilines is 1. The van der Waals surface area contributed by atoms with Crippen LogP contribution in [0.4, 0.5) is 10.5 Å². The summed E-state index contributed by atoms with van der Waals surface area (Å²) in [7, 11) is 0. The molecule has 7 heteroatoms. The molecule has 1 aromatic heterocycles. The fourth-order valence-electron chi connectivity index (χ4n) is 2.49. The van der Waals surface area contributed by atoms with Crippen LogP contribution in [-0.2, 0) is 11.2 Å². The molecule has 2 amide bonds. The average molecular weight is 293 g/mol. The molecular formula is C14H19N3O4. The summed E-state index contributed by atoms with van der Waals surface area (Å²) >= 11 is 0. The number of carboxylic acid groups (broad SMARTS) is 1. The van der Waals surface area contributed by atoms with Crippen molar-refractivity contribution in [2.45, 2.75) is 25.8 Å². The van der Waals surface area contributed by atoms with Crippen molar-refractivity contribution in [3.05, 3.63) is 24.0 Å². The first-order valence-electron chi connectivity index (χ1n) is 6.86. The van der Waals surface area contributed by atoms with Crippen molar-refractivity contribution in [2.75, 3.05) is 18.5 Å². The molecule has 3 N–H and O–H groups in total. The second kappa shape index (κ2) is 6.53. The predicted octanol–water partition coefficient (Wildman–Crippen LogP) is 0.943. The van der Waals surface area contributed by atoms with Crippen LogP contribution in [0.3, 0.4) is 0 Å². The number of hydrogen-bond donors (Lipinski definition) is 3. The molecule has 1 aliphatic heterocycles. The minimum Gasteiger partial charge on any atom is -0.481 e. The van der Waals surface area contributed by atoms with Crippen molar-refractivity contribution in [1.29, 1.82) is 0 Å². The van der Waals surface area contributed by atoms with Crippen LogP contribution in [0.1, 0.15) is 19.0 Å². The van der Waals surface area contributed by atoms with E-state index in [1.54, 1.807) is 17.0 Å². The number of aliphatic carboxylic acids is 1. The summed E-state index contributed by atoms with van der Waals surface area (Å²) in [5, 5.41) is 20.7. The van der Waals surface area contributed by atoms with Crippen molar-refractivity contribution >= 4 is 17.7 Å². The van der Waals surface area contributed by atoms with Crippen LogP contribution >= 0.6 is 0 Å². The standard InChI is InChI=1S/C14H19N3O4/c1-9-4-5-17(12(9)8-18)14(21)16-11-3-2-10(15-7-11)6-13(19)20/h2-3,7,9,12,18H,4-6,8H2,1H3,(H,16,21)(H,19,20). The molecule has 0 radical (unpaired) electrons. The van der Waals surface area contributed by atoms with Gasteiger partial charge in [-0.15, -0.1) is 0 Å². The van der Waals surface area contributed by atoms with E-state index in [-0.39, 0.29) is 31.0 Å². The van der Waals surface area contributed by atoms with Crippen molar-refractivity contribution in [3.8, 4) is 0 Å². The molecule has 2 rings (SSSR count). The number of nitrogens with one attached hydrogen (secondary N) is 1. The Hall–Kier alpha value is -2.15. The van der Waals surface area contributed by atoms with Crippen LogP contribution in [-0.4, -0.2) is 51.3 Å². The van der Waals surface area contributed by atoms with Gasteiger partial charge in [0.1, 0.15) is 0 Å². The summed E-state index contributed by atoms with van der Waals surface area (Å²) in [6, 6.07) is 2.76. The zero-order valence-corrected chi connectivity index (χ0v) is 11.8. The fourth-order valence-corrected chi connectivity index (χ4v) is 2.49. The van der Waals surface area contributed by atoms with Crippen LogP contribution in [0.5, 0.6) is 0 Å². The van der Waals surface area contributed by atoms with E-state index in [4.69, 9.17) is 5.11 Å². The highest BCUT2D eigenvalue weighted by Crippen LogP contribution is 2.24. The summed E-state index contributed by atoms with van der Waals surface area (Å²) in [6.07, 6.45) is 2.16. The first-order chi connectivity index (χ1) is 10.0. The van der Waals surface area contributed by atoms with Gasteiger partial charge in [0.25, 0.3) is 0 Å². The van der Waals surface area contributed by atoms with Gasteiger partial charge in [-0.1, -0.05) is 6.92 Å². The fraction of sp³-hybridized carbons (Fsp3) is 0.500. The number of carbonyl (C=O) groups is 2. The molecule has 2 heterocycles. The molecule has 21 heavy (non-hydrogen) atoms. The van der Waals surface area contributed by atoms with Crippen molar-refractivity contribution in [2.24, 2.45) is 5.92 Å². The lowest BCUT2D eigenvalue weighted by molar-refractivity contribution is -0.136. The quantitative estimate of drug-likeness (QED) is 0.766. The Morgan fingerprint density at radius 3 is 2.81 bits per heavy atom. The van der Waals surface area contributed by atoms with Crippen LogP contribution in [0, 0.1) is 5.92 Å². The smallest absolute Gasteiger partial charge is 0.322 e. The molecule has 1 aromatic rings. The van der Waals surface area contributed by atoms with E-state index in [2.05, 4.69) is 10.3 Å². The highest BCUT2D eigenvalue weighted by molar-refractivity contribution is 5.89. The maximum Gasteiger partial charge on any atom is 0.322 e. The number of urea groups is 1. The number of aliphatic hydroxyl groups excluding tert-OH is 1. The van der Waals surface area contributed by atoms with Gasteiger partial charge >= 0.3 is 12.0 Å². The van der Waals surface area contributed by atoms with E-state index in [9.17, 15) is 14.7 Å². The number of likely N-dealkylation sites (tertiary alicyclic amines) is 1. The molecule has 2 atom stereocenters. The van der Waals surface area contributed by atoms with Crippen molar-refractivity contribution < 1.29 is 19.8 Å². The number of carbonyl (C=O) groups excluding carboxylic acids is 1. The largest absolute Gasteiger partial charge is 0.481 e. The number of aromatic nitrogens is 1. The summed E-state index contributed by atoms with van der Waals surface area (Å²) in [4.78, 5) is 28.3. The second-order valence-electron chi connectivity index (χ2n) is 5.25. The molecule has 114 valence electrons. The van der Waals surface area contributed by atoms with Gasteiger partial charge in [-0.3, -0.25) is 9.78 Å². The van der Waals surface area contributed by atoms with Crippen molar-refractivity contribution in [3.63, 3.8) is 0 Å². The van der Waals surface area contributed by atoms with E-state index >= 15 is 0 Å². The number of carboxylic acids is 1. The summed E-state index contributed by atoms with van der Waals surface area (Å²) in [5.41, 5.74) is 0.939. The third kappa shape index (κ3) is 3.69. The van der Waals surface area contributed by atoms with Gasteiger partial charge in [0.2, 0.25) is 0 Å². The van der Waals surface area contributed by atoms with Gasteiger partial charge in [0.05, 0.1) is 36.6 Å². The number of aliphatic hydroxyl groups is 1. The van der Waals surface area contributed by atoms with E-state index < -0.39 is 5.97 Å². The molecule has 0 aliphatic carbocycles. The lowest BCUT2D eigenvalue weighted by Crippen LogP contribution is -2.42. The zero-order chi connectivity index (χ0) is 15.4. The molecule has 2 unspecified atom stereocenters. The van der Waals surface area contributed by atoms with E-state index in [0.717, 1.165) is 6.42 Å². The molecule has 0 aromatic carbocycles. The predicted molar refractivity (Wildman–Crippen MR) is 76.0 cm³/mol. The molecule has 1 aliphatic rings. The minimum atomic E-state index is -0.948. The SMILES string of the molecule is CC1CCN(C(=O)Nc2ccc(CC(=O)O)nc2)C1CO. The van der Waals surface area contributed by atoms with Gasteiger partial charge < -0.3 is 20.4 Å². The van der Waals surface area contributed by atoms with Crippen LogP contribution in [0.25, 0.3) is 0 Å². The highest BCUT2D eigenvalue weighted by Gasteiger charge is 2.33. The molecule has 0 bridgehead atoms. The Balaban J connectivity index is 1.98. The lowest BCUT2D eigenvalue weighted by atomic mass is 10.0. The maximum atomic E-state index is 12.2. The average Bonchev–Trinajstić information content (AvgIpc) is 2.81. The van der Waals surface area contributed by atoms with Crippen LogP contribution < -0.4 is 5.32 Å². The second-order valence-corrected chi connectivity index (χ2v) is 5.25. The van der Waals surface area contributed by atoms with Gasteiger partial charge in [-0.2, -0.15) is 0 Å². The molecule has 1 fully saturated rings. The zero-order valence-electron chi connectivity index (χ0n) is 11.8. The number of hydrogen-bond acceptors (Lipinski definition) is 4. The third-order valence-corrected chi connectivity index (χ3v) is 3.74. The molecule has 0 saturated carbocycles. The van der Waals surface area contributed by atoms with Crippen LogP contribution in [0.15, 0.2) is 18.3 Å². The van der Waals surface area contributed by atoms with Gasteiger partial charge in [-0.25, -0.2) is 4.79 Å². The maximum absolute atomic E-state index is 12.2. The Morgan fingerprint density at radius 1 is 1.48 bits per heavy atom. The first kappa shape index (κ1) is 15.2. The normalized spacial score (nSPS) is 21.3. The summed E-state index contributed by atoms with van der Waals surface area (Å²) in [5.74, 6) is -0.673. The number of amides is 2.